The lowest BCUT2D eigenvalue weighted by Crippen LogP contribution is -2.58. The maximum absolute atomic E-state index is 10.5. The van der Waals surface area contributed by atoms with Gasteiger partial charge < -0.3 is 15.2 Å². The minimum absolute atomic E-state index is 0.519. The summed E-state index contributed by atoms with van der Waals surface area (Å²) in [6, 6.07) is 1.04. The van der Waals surface area contributed by atoms with Crippen LogP contribution in [0.4, 0.5) is 0 Å². The average Bonchev–Trinajstić information content (AvgIpc) is 2.15. The smallest absolute Gasteiger partial charge is 0.0817 e. The molecule has 0 aromatic rings. The van der Waals surface area contributed by atoms with E-state index in [2.05, 4.69) is 24.1 Å². The Kier molecular flexibility index (Phi) is 3.85. The van der Waals surface area contributed by atoms with Gasteiger partial charge in [0.2, 0.25) is 0 Å². The summed E-state index contributed by atoms with van der Waals surface area (Å²) < 4.78 is 5.31. The Morgan fingerprint density at radius 2 is 1.81 bits per heavy atom. The van der Waals surface area contributed by atoms with Gasteiger partial charge in [0.15, 0.2) is 0 Å². The van der Waals surface area contributed by atoms with Crippen LogP contribution in [0.3, 0.4) is 0 Å². The van der Waals surface area contributed by atoms with Crippen molar-refractivity contribution in [3.63, 3.8) is 0 Å². The van der Waals surface area contributed by atoms with E-state index in [1.807, 2.05) is 0 Å². The van der Waals surface area contributed by atoms with E-state index in [0.717, 1.165) is 32.5 Å². The third-order valence-electron chi connectivity index (χ3n) is 3.57. The fourth-order valence-electron chi connectivity index (χ4n) is 2.90. The van der Waals surface area contributed by atoms with E-state index in [1.165, 1.54) is 0 Å². The van der Waals surface area contributed by atoms with Crippen LogP contribution in [0, 0.1) is 0 Å². The summed E-state index contributed by atoms with van der Waals surface area (Å²) in [4.78, 5) is 2.39. The number of nitrogens with one attached hydrogen (secondary N) is 1. The number of hydrogen-bond donors (Lipinski definition) is 2. The minimum Gasteiger partial charge on any atom is -0.388 e. The molecule has 2 fully saturated rings. The van der Waals surface area contributed by atoms with Crippen LogP contribution in [0.1, 0.15) is 26.7 Å². The van der Waals surface area contributed by atoms with Gasteiger partial charge >= 0.3 is 0 Å². The van der Waals surface area contributed by atoms with Crippen molar-refractivity contribution in [2.75, 3.05) is 32.8 Å². The number of β-amino-alcohol motifs (C(OH)–C–C–N with tert-alkyl or cyclic N) is 1. The molecule has 94 valence electrons. The molecule has 2 heterocycles. The molecule has 2 rings (SSSR count). The molecule has 2 saturated heterocycles. The molecule has 2 unspecified atom stereocenters. The van der Waals surface area contributed by atoms with E-state index in [4.69, 9.17) is 4.74 Å². The zero-order chi connectivity index (χ0) is 11.6. The van der Waals surface area contributed by atoms with E-state index in [-0.39, 0.29) is 0 Å². The molecule has 2 atom stereocenters. The highest BCUT2D eigenvalue weighted by atomic mass is 16.5. The standard InChI is InChI=1S/C12H24N2O2/c1-10-7-14(8-11(2)13-10)9-12(15)3-5-16-6-4-12/h10-11,13,15H,3-9H2,1-2H3. The monoisotopic (exact) mass is 228 g/mol. The van der Waals surface area contributed by atoms with Crippen LogP contribution in [0.2, 0.25) is 0 Å². The first kappa shape index (κ1) is 12.3. The van der Waals surface area contributed by atoms with Crippen molar-refractivity contribution in [2.45, 2.75) is 44.4 Å². The third kappa shape index (κ3) is 3.17. The maximum Gasteiger partial charge on any atom is 0.0817 e. The normalized spacial score (nSPS) is 36.2. The molecular formula is C12H24N2O2. The lowest BCUT2D eigenvalue weighted by Gasteiger charge is -2.42. The number of aliphatic hydroxyl groups is 1. The number of ether oxygens (including phenoxy) is 1. The Labute approximate surface area is 98.0 Å². The zero-order valence-electron chi connectivity index (χ0n) is 10.4. The summed E-state index contributed by atoms with van der Waals surface area (Å²) >= 11 is 0. The van der Waals surface area contributed by atoms with Crippen molar-refractivity contribution in [2.24, 2.45) is 0 Å². The maximum atomic E-state index is 10.5. The Balaban J connectivity index is 1.87. The van der Waals surface area contributed by atoms with Gasteiger partial charge in [-0.05, 0) is 13.8 Å². The molecular weight excluding hydrogens is 204 g/mol. The second kappa shape index (κ2) is 5.00. The molecule has 0 spiro atoms. The SMILES string of the molecule is CC1CN(CC2(O)CCOCC2)CC(C)N1. The quantitative estimate of drug-likeness (QED) is 0.709. The molecule has 4 nitrogen and oxygen atoms in total. The molecule has 0 saturated carbocycles. The Hall–Kier alpha value is -0.160. The Morgan fingerprint density at radius 3 is 2.38 bits per heavy atom. The Bertz CT molecular complexity index is 219. The van der Waals surface area contributed by atoms with Gasteiger partial charge in [0.1, 0.15) is 0 Å². The second-order valence-electron chi connectivity index (χ2n) is 5.50. The van der Waals surface area contributed by atoms with Crippen LogP contribution in [-0.2, 0) is 4.74 Å². The van der Waals surface area contributed by atoms with Crippen molar-refractivity contribution in [3.8, 4) is 0 Å². The average molecular weight is 228 g/mol. The fourth-order valence-corrected chi connectivity index (χ4v) is 2.90. The molecule has 0 aliphatic carbocycles. The predicted molar refractivity (Wildman–Crippen MR) is 63.5 cm³/mol. The highest BCUT2D eigenvalue weighted by Crippen LogP contribution is 2.22. The minimum atomic E-state index is -0.519. The first-order chi connectivity index (χ1) is 7.57. The number of hydrogen-bond acceptors (Lipinski definition) is 4. The lowest BCUT2D eigenvalue weighted by molar-refractivity contribution is -0.0836. The van der Waals surface area contributed by atoms with Crippen molar-refractivity contribution < 1.29 is 9.84 Å². The van der Waals surface area contributed by atoms with Crippen LogP contribution < -0.4 is 5.32 Å². The second-order valence-corrected chi connectivity index (χ2v) is 5.50. The van der Waals surface area contributed by atoms with Gasteiger partial charge in [0, 0.05) is 57.8 Å². The van der Waals surface area contributed by atoms with E-state index in [9.17, 15) is 5.11 Å². The van der Waals surface area contributed by atoms with Gasteiger partial charge in [-0.25, -0.2) is 0 Å². The lowest BCUT2D eigenvalue weighted by atomic mass is 9.93. The number of rotatable bonds is 2. The number of nitrogens with zero attached hydrogens (tertiary/aromatic N) is 1. The molecule has 0 aromatic heterocycles. The predicted octanol–water partition coefficient (Wildman–Crippen LogP) is 0.210. The van der Waals surface area contributed by atoms with E-state index in [1.54, 1.807) is 0 Å². The van der Waals surface area contributed by atoms with Gasteiger partial charge in [0.25, 0.3) is 0 Å². The zero-order valence-corrected chi connectivity index (χ0v) is 10.4. The topological polar surface area (TPSA) is 44.7 Å². The summed E-state index contributed by atoms with van der Waals surface area (Å²) in [7, 11) is 0. The fraction of sp³-hybridized carbons (Fsp3) is 1.00. The van der Waals surface area contributed by atoms with Gasteiger partial charge in [-0.2, -0.15) is 0 Å². The van der Waals surface area contributed by atoms with Gasteiger partial charge in [-0.1, -0.05) is 0 Å². The Morgan fingerprint density at radius 1 is 1.25 bits per heavy atom. The molecule has 0 bridgehead atoms. The summed E-state index contributed by atoms with van der Waals surface area (Å²) in [5.74, 6) is 0. The first-order valence-electron chi connectivity index (χ1n) is 6.36. The van der Waals surface area contributed by atoms with Gasteiger partial charge in [-0.15, -0.1) is 0 Å². The molecule has 2 N–H and O–H groups in total. The number of piperazine rings is 1. The molecule has 4 heteroatoms. The van der Waals surface area contributed by atoms with E-state index >= 15 is 0 Å². The van der Waals surface area contributed by atoms with Crippen LogP contribution in [0.25, 0.3) is 0 Å². The first-order valence-corrected chi connectivity index (χ1v) is 6.36. The molecule has 0 aromatic carbocycles. The molecule has 2 aliphatic rings. The summed E-state index contributed by atoms with van der Waals surface area (Å²) in [6.07, 6.45) is 1.55. The molecule has 0 amide bonds. The van der Waals surface area contributed by atoms with Crippen molar-refractivity contribution in [3.05, 3.63) is 0 Å². The van der Waals surface area contributed by atoms with Crippen molar-refractivity contribution in [1.29, 1.82) is 0 Å². The van der Waals surface area contributed by atoms with Gasteiger partial charge in [0.05, 0.1) is 5.60 Å². The van der Waals surface area contributed by atoms with Crippen molar-refractivity contribution >= 4 is 0 Å². The van der Waals surface area contributed by atoms with Crippen LogP contribution in [0.5, 0.6) is 0 Å². The van der Waals surface area contributed by atoms with Crippen LogP contribution in [0.15, 0.2) is 0 Å². The largest absolute Gasteiger partial charge is 0.388 e. The summed E-state index contributed by atoms with van der Waals surface area (Å²) in [5.41, 5.74) is -0.519. The highest BCUT2D eigenvalue weighted by molar-refractivity contribution is 4.89. The highest BCUT2D eigenvalue weighted by Gasteiger charge is 2.33. The van der Waals surface area contributed by atoms with E-state index in [0.29, 0.717) is 25.3 Å². The molecule has 0 radical (unpaired) electrons. The molecule has 16 heavy (non-hydrogen) atoms. The van der Waals surface area contributed by atoms with Gasteiger partial charge in [-0.3, -0.25) is 4.90 Å². The van der Waals surface area contributed by atoms with E-state index < -0.39 is 5.60 Å². The third-order valence-corrected chi connectivity index (χ3v) is 3.57. The summed E-state index contributed by atoms with van der Waals surface area (Å²) in [6.45, 7) is 8.68. The molecule has 2 aliphatic heterocycles. The van der Waals surface area contributed by atoms with Crippen LogP contribution >= 0.6 is 0 Å². The van der Waals surface area contributed by atoms with Crippen LogP contribution in [-0.4, -0.2) is 60.5 Å². The summed E-state index contributed by atoms with van der Waals surface area (Å²) in [5, 5.41) is 14.0. The van der Waals surface area contributed by atoms with Crippen molar-refractivity contribution in [1.82, 2.24) is 10.2 Å².